The van der Waals surface area contributed by atoms with Gasteiger partial charge < -0.3 is 0 Å². The van der Waals surface area contributed by atoms with Gasteiger partial charge in [-0.3, -0.25) is 0 Å². The van der Waals surface area contributed by atoms with Crippen molar-refractivity contribution in [1.82, 2.24) is 0 Å². The van der Waals surface area contributed by atoms with Gasteiger partial charge in [0.25, 0.3) is 0 Å². The van der Waals surface area contributed by atoms with Gasteiger partial charge in [0.15, 0.2) is 0 Å². The summed E-state index contributed by atoms with van der Waals surface area (Å²) >= 11 is 0. The number of hydrogen-bond acceptors (Lipinski definition) is 0. The van der Waals surface area contributed by atoms with E-state index in [0.29, 0.717) is 16.2 Å². The minimum absolute atomic E-state index is 0.404. The van der Waals surface area contributed by atoms with Gasteiger partial charge in [0.05, 0.1) is 0 Å². The fourth-order valence-electron chi connectivity index (χ4n) is 5.64. The molecule has 1 saturated carbocycles. The first-order chi connectivity index (χ1) is 9.30. The predicted octanol–water partition coefficient (Wildman–Crippen LogP) is 7.04. The van der Waals surface area contributed by atoms with Crippen LogP contribution < -0.4 is 0 Å². The maximum Gasteiger partial charge on any atom is -0.0210 e. The van der Waals surface area contributed by atoms with E-state index < -0.39 is 0 Å². The predicted molar refractivity (Wildman–Crippen MR) is 96.4 cm³/mol. The molecule has 0 nitrogen and oxygen atoms in total. The molecular weight excluding hydrogens is 252 g/mol. The first-order valence-electron chi connectivity index (χ1n) is 9.30. The average Bonchev–Trinajstić information content (AvgIpc) is 2.60. The maximum absolute atomic E-state index is 2.64. The quantitative estimate of drug-likeness (QED) is 0.521. The largest absolute Gasteiger partial charge is 0.0649 e. The maximum atomic E-state index is 2.64. The van der Waals surface area contributed by atoms with Crippen molar-refractivity contribution in [2.24, 2.45) is 45.8 Å². The van der Waals surface area contributed by atoms with E-state index in [2.05, 4.69) is 76.2 Å². The molecule has 0 heteroatoms. The normalized spacial score (nSPS) is 36.3. The van der Waals surface area contributed by atoms with Gasteiger partial charge in [0, 0.05) is 0 Å². The van der Waals surface area contributed by atoms with Gasteiger partial charge in [-0.2, -0.15) is 0 Å². The van der Waals surface area contributed by atoms with E-state index in [1.165, 1.54) is 12.8 Å². The van der Waals surface area contributed by atoms with Crippen molar-refractivity contribution in [3.05, 3.63) is 0 Å². The molecule has 0 spiro atoms. The van der Waals surface area contributed by atoms with Crippen molar-refractivity contribution in [2.75, 3.05) is 0 Å². The van der Waals surface area contributed by atoms with Crippen molar-refractivity contribution < 1.29 is 0 Å². The Morgan fingerprint density at radius 2 is 1.52 bits per heavy atom. The Labute approximate surface area is 135 Å². The van der Waals surface area contributed by atoms with Crippen LogP contribution in [-0.2, 0) is 0 Å². The lowest BCUT2D eigenvalue weighted by Gasteiger charge is -2.54. The van der Waals surface area contributed by atoms with E-state index in [4.69, 9.17) is 0 Å². The van der Waals surface area contributed by atoms with Gasteiger partial charge in [0.1, 0.15) is 0 Å². The van der Waals surface area contributed by atoms with Gasteiger partial charge in [0.2, 0.25) is 0 Å². The first kappa shape index (κ1) is 19.0. The third-order valence-corrected chi connectivity index (χ3v) is 7.73. The minimum Gasteiger partial charge on any atom is -0.0649 e. The Bertz CT molecular complexity index is 344. The van der Waals surface area contributed by atoms with Crippen LogP contribution in [-0.4, -0.2) is 0 Å². The average molecular weight is 295 g/mol. The highest BCUT2D eigenvalue weighted by molar-refractivity contribution is 5.07. The molecule has 0 heterocycles. The van der Waals surface area contributed by atoms with E-state index in [1.54, 1.807) is 0 Å². The van der Waals surface area contributed by atoms with Gasteiger partial charge in [-0.1, -0.05) is 82.6 Å². The highest BCUT2D eigenvalue weighted by Crippen LogP contribution is 2.66. The number of rotatable bonds is 4. The molecule has 0 radical (unpaired) electrons. The summed E-state index contributed by atoms with van der Waals surface area (Å²) in [6.45, 7) is 27.3. The summed E-state index contributed by atoms with van der Waals surface area (Å²) in [5.41, 5.74) is 1.26. The second kappa shape index (κ2) is 5.89. The molecule has 0 N–H and O–H groups in total. The Balaban J connectivity index is 3.37. The van der Waals surface area contributed by atoms with E-state index in [9.17, 15) is 0 Å². The zero-order valence-corrected chi connectivity index (χ0v) is 16.8. The fourth-order valence-corrected chi connectivity index (χ4v) is 5.64. The lowest BCUT2D eigenvalue weighted by Crippen LogP contribution is -2.48. The Hall–Kier alpha value is 0. The third-order valence-electron chi connectivity index (χ3n) is 7.73. The highest BCUT2D eigenvalue weighted by Gasteiger charge is 2.59. The Morgan fingerprint density at radius 1 is 1.05 bits per heavy atom. The van der Waals surface area contributed by atoms with Crippen LogP contribution in [0.5, 0.6) is 0 Å². The van der Waals surface area contributed by atoms with E-state index in [1.807, 2.05) is 0 Å². The van der Waals surface area contributed by atoms with Crippen molar-refractivity contribution >= 4 is 0 Å². The van der Waals surface area contributed by atoms with Crippen LogP contribution in [0.1, 0.15) is 89.0 Å². The lowest BCUT2D eigenvalue weighted by molar-refractivity contribution is -0.0603. The molecule has 5 atom stereocenters. The molecule has 1 fully saturated rings. The first-order valence-corrected chi connectivity index (χ1v) is 9.30. The molecule has 0 aromatic heterocycles. The molecule has 0 saturated heterocycles. The van der Waals surface area contributed by atoms with Crippen LogP contribution in [0.4, 0.5) is 0 Å². The monoisotopic (exact) mass is 294 g/mol. The Morgan fingerprint density at radius 3 is 1.86 bits per heavy atom. The second-order valence-electron chi connectivity index (χ2n) is 10.3. The molecule has 5 unspecified atom stereocenters. The summed E-state index contributed by atoms with van der Waals surface area (Å²) in [7, 11) is 0. The van der Waals surface area contributed by atoms with E-state index >= 15 is 0 Å². The summed E-state index contributed by atoms with van der Waals surface area (Å²) in [4.78, 5) is 0. The second-order valence-corrected chi connectivity index (χ2v) is 10.3. The SMILES string of the molecule is CCC(C)(C)C1(C)C(C(C)C(C)(C)C)CC(C)C1C(C)C. The van der Waals surface area contributed by atoms with Gasteiger partial charge >= 0.3 is 0 Å². The topological polar surface area (TPSA) is 0 Å². The van der Waals surface area contributed by atoms with Crippen molar-refractivity contribution in [2.45, 2.75) is 89.0 Å². The van der Waals surface area contributed by atoms with Crippen LogP contribution in [0, 0.1) is 45.8 Å². The van der Waals surface area contributed by atoms with Crippen LogP contribution in [0.25, 0.3) is 0 Å². The van der Waals surface area contributed by atoms with Crippen LogP contribution in [0.15, 0.2) is 0 Å². The standard InChI is InChI=1S/C21H42/c1-12-20(9,10)21(11)17(16(5)19(6,7)8)13-15(4)18(21)14(2)3/h14-18H,12-13H2,1-11H3. The van der Waals surface area contributed by atoms with Gasteiger partial charge in [-0.05, 0) is 52.3 Å². The molecule has 0 bridgehead atoms. The molecule has 1 aliphatic rings. The molecule has 0 aromatic carbocycles. The molecular formula is C21H42. The fraction of sp³-hybridized carbons (Fsp3) is 1.00. The summed E-state index contributed by atoms with van der Waals surface area (Å²) in [6.07, 6.45) is 2.70. The van der Waals surface area contributed by atoms with Crippen LogP contribution in [0.3, 0.4) is 0 Å². The molecule has 21 heavy (non-hydrogen) atoms. The zero-order valence-electron chi connectivity index (χ0n) is 16.8. The lowest BCUT2D eigenvalue weighted by atomic mass is 9.50. The molecule has 1 aliphatic carbocycles. The third kappa shape index (κ3) is 3.06. The number of hydrogen-bond donors (Lipinski definition) is 0. The van der Waals surface area contributed by atoms with Crippen molar-refractivity contribution in [3.63, 3.8) is 0 Å². The molecule has 0 aromatic rings. The minimum atomic E-state index is 0.404. The molecule has 0 amide bonds. The van der Waals surface area contributed by atoms with Gasteiger partial charge in [-0.15, -0.1) is 0 Å². The molecule has 126 valence electrons. The highest BCUT2D eigenvalue weighted by atomic mass is 14.6. The zero-order chi connectivity index (χ0) is 16.8. The van der Waals surface area contributed by atoms with Crippen LogP contribution in [0.2, 0.25) is 0 Å². The molecule has 0 aliphatic heterocycles. The van der Waals surface area contributed by atoms with E-state index in [0.717, 1.165) is 29.6 Å². The summed E-state index contributed by atoms with van der Waals surface area (Å²) in [6, 6.07) is 0. The van der Waals surface area contributed by atoms with Crippen molar-refractivity contribution in [1.29, 1.82) is 0 Å². The van der Waals surface area contributed by atoms with Gasteiger partial charge in [-0.25, -0.2) is 0 Å². The van der Waals surface area contributed by atoms with Crippen LogP contribution >= 0.6 is 0 Å². The Kier molecular flexibility index (Phi) is 5.35. The summed E-state index contributed by atoms with van der Waals surface area (Å²) in [5, 5.41) is 0. The smallest absolute Gasteiger partial charge is 0.0210 e. The summed E-state index contributed by atoms with van der Waals surface area (Å²) < 4.78 is 0. The van der Waals surface area contributed by atoms with E-state index in [-0.39, 0.29) is 0 Å². The summed E-state index contributed by atoms with van der Waals surface area (Å²) in [5.74, 6) is 4.11. The van der Waals surface area contributed by atoms with Crippen molar-refractivity contribution in [3.8, 4) is 0 Å². The molecule has 1 rings (SSSR count).